The van der Waals surface area contributed by atoms with Crippen LogP contribution in [0.4, 0.5) is 34.9 Å². The Bertz CT molecular complexity index is 1270. The maximum absolute atomic E-state index is 10.3. The molecule has 0 saturated carbocycles. The van der Waals surface area contributed by atoms with Crippen molar-refractivity contribution in [1.82, 2.24) is 15.0 Å². The summed E-state index contributed by atoms with van der Waals surface area (Å²) in [5.74, 6) is -1.73. The van der Waals surface area contributed by atoms with Crippen LogP contribution in [0.5, 0.6) is 34.5 Å². The maximum atomic E-state index is 10.3. The van der Waals surface area contributed by atoms with Crippen molar-refractivity contribution < 1.29 is 30.6 Å². The number of anilines is 6. The molecule has 3 aromatic carbocycles. The van der Waals surface area contributed by atoms with E-state index in [1.54, 1.807) is 0 Å². The second-order valence-corrected chi connectivity index (χ2v) is 7.54. The number of hydrogen-bond donors (Lipinski definition) is 6. The van der Waals surface area contributed by atoms with Crippen molar-refractivity contribution in [2.24, 2.45) is 0 Å². The molecule has 0 aliphatic heterocycles. The number of hydrogen-bond acceptors (Lipinski definition) is 12. The van der Waals surface area contributed by atoms with Gasteiger partial charge in [0.15, 0.2) is 0 Å². The van der Waals surface area contributed by atoms with E-state index in [-0.39, 0.29) is 69.4 Å². The van der Waals surface area contributed by atoms with Crippen LogP contribution in [-0.4, -0.2) is 45.6 Å². The summed E-state index contributed by atoms with van der Waals surface area (Å²) in [5.41, 5.74) is 0.422. The molecule has 0 bridgehead atoms. The number of benzene rings is 3. The molecule has 4 rings (SSSR count). The molecule has 0 unspecified atom stereocenters. The van der Waals surface area contributed by atoms with Gasteiger partial charge in [0.05, 0.1) is 17.1 Å². The van der Waals surface area contributed by atoms with E-state index in [4.69, 9.17) is 0 Å². The van der Waals surface area contributed by atoms with Crippen molar-refractivity contribution in [2.45, 2.75) is 0 Å². The van der Waals surface area contributed by atoms with E-state index in [1.165, 1.54) is 51.1 Å². The fraction of sp³-hybridized carbons (Fsp3) is 0. The first-order valence-corrected chi connectivity index (χ1v) is 10.2. The maximum Gasteiger partial charge on any atom is 0.205 e. The minimum atomic E-state index is -0.307. The van der Waals surface area contributed by atoms with Crippen molar-refractivity contribution in [3.63, 3.8) is 0 Å². The van der Waals surface area contributed by atoms with Crippen LogP contribution in [0.15, 0.2) is 54.6 Å². The van der Waals surface area contributed by atoms with Gasteiger partial charge < -0.3 is 45.3 Å². The largest absolute Gasteiger partial charge is 0.508 e. The van der Waals surface area contributed by atoms with Gasteiger partial charge in [-0.2, -0.15) is 15.0 Å². The van der Waals surface area contributed by atoms with Gasteiger partial charge in [-0.25, -0.2) is 21.1 Å². The molecule has 0 atom stereocenters. The van der Waals surface area contributed by atoms with Crippen molar-refractivity contribution in [3.05, 3.63) is 75.7 Å². The molecule has 4 aromatic rings. The fourth-order valence-electron chi connectivity index (χ4n) is 3.25. The predicted octanol–water partition coefficient (Wildman–Crippen LogP) is 3.89. The van der Waals surface area contributed by atoms with E-state index >= 15 is 0 Å². The first-order valence-electron chi connectivity index (χ1n) is 10.2. The Balaban J connectivity index is 0.00000253. The molecule has 0 amide bonds. The zero-order chi connectivity index (χ0) is 26.1. The fourth-order valence-corrected chi connectivity index (χ4v) is 3.25. The van der Waals surface area contributed by atoms with E-state index in [0.29, 0.717) is 0 Å². The standard InChI is InChI=1S/C24H21N6O6.3Rf/c1-28(16-7-4-13(31)10-19(16)34)22-25-23(29(2)17-8-5-14(32)11-20(17)35)27-24(26-22)30(3)18-9-6-15(33)12-21(18)36;;;/h4-12,31-36H,1-3H2;;;/q-3;;;. The van der Waals surface area contributed by atoms with Gasteiger partial charge in [-0.15, -0.1) is 0 Å². The van der Waals surface area contributed by atoms with Gasteiger partial charge in [-0.1, -0.05) is 0 Å². The summed E-state index contributed by atoms with van der Waals surface area (Å²) in [5, 5.41) is 59.7. The van der Waals surface area contributed by atoms with E-state index in [1.807, 2.05) is 0 Å². The zero-order valence-electron chi connectivity index (χ0n) is 20.8. The monoisotopic (exact) mass is 1290 g/mol. The molecular weight excluding hydrogens is 1270 g/mol. The molecule has 192 valence electrons. The Morgan fingerprint density at radius 2 is 0.667 bits per heavy atom. The molecule has 0 saturated heterocycles. The smallest absolute Gasteiger partial charge is 0.205 e. The van der Waals surface area contributed by atoms with Crippen LogP contribution in [0.3, 0.4) is 0 Å². The summed E-state index contributed by atoms with van der Waals surface area (Å²) >= 11 is 0. The van der Waals surface area contributed by atoms with Crippen LogP contribution >= 0.6 is 0 Å². The zero-order valence-corrected chi connectivity index (χ0v) is 40.0. The number of nitrogens with zero attached hydrogens (tertiary/aromatic N) is 6. The molecule has 1 aromatic heterocycles. The average molecular weight is 1290 g/mol. The molecule has 39 heavy (non-hydrogen) atoms. The molecule has 0 aliphatic carbocycles. The first-order chi connectivity index (χ1) is 17.0. The van der Waals surface area contributed by atoms with Gasteiger partial charge in [0.1, 0.15) is 34.5 Å². The molecule has 0 aliphatic rings. The van der Waals surface area contributed by atoms with Crippen LogP contribution in [0.2, 0.25) is 0 Å². The first kappa shape index (κ1) is 28.9. The second-order valence-electron chi connectivity index (χ2n) is 7.54. The summed E-state index contributed by atoms with van der Waals surface area (Å²) in [7, 11) is 11.6. The second kappa shape index (κ2) is 10.4. The third-order valence-corrected chi connectivity index (χ3v) is 5.07. The third-order valence-electron chi connectivity index (χ3n) is 5.07. The number of phenolic OH excluding ortho intramolecular Hbond substituents is 6. The van der Waals surface area contributed by atoms with Gasteiger partial charge >= 0.3 is 0 Å². The van der Waals surface area contributed by atoms with Gasteiger partial charge in [-0.05, 0) is 36.4 Å². The SMILES string of the molecule is [CH2-]N(c1nc(N([CH2-])c2ccc(O)cc2O)nc(N([CH2-])c2ccc(O)cc2O)n1)c1ccc(O)cc1O.[Rf].[Rf].[Rf]. The molecule has 15 heteroatoms. The Hall–Kier alpha value is -8.13. The number of aromatic hydroxyl groups is 6. The van der Waals surface area contributed by atoms with Crippen molar-refractivity contribution in [3.8, 4) is 34.5 Å². The van der Waals surface area contributed by atoms with E-state index in [0.717, 1.165) is 18.2 Å². The number of aromatic nitrogens is 3. The van der Waals surface area contributed by atoms with Gasteiger partial charge in [0.25, 0.3) is 0 Å². The minimum absolute atomic E-state index is 0. The van der Waals surface area contributed by atoms with Crippen molar-refractivity contribution in [2.75, 3.05) is 14.7 Å². The van der Waals surface area contributed by atoms with E-state index < -0.39 is 0 Å². The quantitative estimate of drug-likeness (QED) is 0.155. The van der Waals surface area contributed by atoms with Gasteiger partial charge in [0.2, 0.25) is 17.8 Å². The molecule has 0 radical (unpaired) electrons. The molecule has 12 nitrogen and oxygen atoms in total. The number of phenols is 6. The number of rotatable bonds is 6. The van der Waals surface area contributed by atoms with Gasteiger partial charge in [-0.3, -0.25) is 0 Å². The van der Waals surface area contributed by atoms with Crippen LogP contribution < -0.4 is 14.7 Å². The summed E-state index contributed by atoms with van der Waals surface area (Å²) in [6.07, 6.45) is 0. The molecular formula is C24H21N6O6Rf3-3. The minimum Gasteiger partial charge on any atom is -0.508 e. The average Bonchev–Trinajstić information content (AvgIpc) is 2.82. The summed E-state index contributed by atoms with van der Waals surface area (Å²) in [6.45, 7) is 0. The van der Waals surface area contributed by atoms with E-state index in [2.05, 4.69) is 36.1 Å². The van der Waals surface area contributed by atoms with Crippen molar-refractivity contribution in [1.29, 1.82) is 0 Å². The molecule has 0 spiro atoms. The van der Waals surface area contributed by atoms with Crippen LogP contribution in [0, 0.1) is 21.1 Å². The Morgan fingerprint density at radius 1 is 0.436 bits per heavy atom. The normalized spacial score (nSPS) is 9.92. The molecule has 0 fully saturated rings. The van der Waals surface area contributed by atoms with Gasteiger partial charge in [0, 0.05) is 18.2 Å². The van der Waals surface area contributed by atoms with Crippen LogP contribution in [0.25, 0.3) is 0 Å². The summed E-state index contributed by atoms with van der Waals surface area (Å²) in [6, 6.07) is 11.5. The summed E-state index contributed by atoms with van der Waals surface area (Å²) in [4.78, 5) is 16.5. The summed E-state index contributed by atoms with van der Waals surface area (Å²) < 4.78 is 0. The Kier molecular flexibility index (Phi) is 7.73. The van der Waals surface area contributed by atoms with Crippen LogP contribution in [-0.2, 0) is 0 Å². The van der Waals surface area contributed by atoms with Crippen molar-refractivity contribution >= 4 is 34.9 Å². The van der Waals surface area contributed by atoms with E-state index in [9.17, 15) is 30.6 Å². The predicted molar refractivity (Wildman–Crippen MR) is 132 cm³/mol. The third kappa shape index (κ3) is 5.19. The Morgan fingerprint density at radius 3 is 0.872 bits per heavy atom. The topological polar surface area (TPSA) is 170 Å². The molecule has 1 heterocycles. The Labute approximate surface area is 205 Å². The molecule has 6 N–H and O–H groups in total. The van der Waals surface area contributed by atoms with Crippen LogP contribution in [0.1, 0.15) is 0 Å².